The number of ether oxygens (including phenoxy) is 1. The van der Waals surface area contributed by atoms with Crippen molar-refractivity contribution in [3.8, 4) is 11.5 Å². The third-order valence-corrected chi connectivity index (χ3v) is 3.07. The topological polar surface area (TPSA) is 96.0 Å². The molecule has 1 amide bonds. The predicted octanol–water partition coefficient (Wildman–Crippen LogP) is 0.851. The number of phenols is 2. The average molecular weight is 296 g/mol. The number of benzene rings is 1. The summed E-state index contributed by atoms with van der Waals surface area (Å²) in [5, 5.41) is 18.7. The van der Waals surface area contributed by atoms with Gasteiger partial charge in [-0.3, -0.25) is 4.79 Å². The van der Waals surface area contributed by atoms with Crippen molar-refractivity contribution >= 4 is 5.91 Å². The van der Waals surface area contributed by atoms with Gasteiger partial charge in [0.25, 0.3) is 0 Å². The van der Waals surface area contributed by atoms with Gasteiger partial charge in [-0.05, 0) is 38.0 Å². The maximum absolute atomic E-state index is 12.1. The Labute approximate surface area is 125 Å². The number of amides is 1. The number of phenolic OH excluding ortho intramolecular Hbond substituents is 2. The van der Waals surface area contributed by atoms with E-state index >= 15 is 0 Å². The normalized spacial score (nSPS) is 12.4. The molecule has 0 aliphatic carbocycles. The highest BCUT2D eigenvalue weighted by Gasteiger charge is 2.18. The van der Waals surface area contributed by atoms with Gasteiger partial charge in [-0.15, -0.1) is 0 Å². The molecule has 118 valence electrons. The zero-order valence-corrected chi connectivity index (χ0v) is 12.7. The molecule has 0 radical (unpaired) electrons. The lowest BCUT2D eigenvalue weighted by Gasteiger charge is -2.22. The molecule has 21 heavy (non-hydrogen) atoms. The molecule has 0 bridgehead atoms. The van der Waals surface area contributed by atoms with Gasteiger partial charge in [0.2, 0.25) is 5.91 Å². The van der Waals surface area contributed by atoms with Crippen LogP contribution in [0.5, 0.6) is 11.5 Å². The summed E-state index contributed by atoms with van der Waals surface area (Å²) in [6.07, 6.45) is 0.421. The number of likely N-dealkylation sites (N-methyl/N-ethyl adjacent to an activating group) is 1. The second-order valence-corrected chi connectivity index (χ2v) is 5.31. The number of nitrogens with zero attached hydrogens (tertiary/aromatic N) is 1. The maximum atomic E-state index is 12.1. The highest BCUT2D eigenvalue weighted by molar-refractivity contribution is 5.81. The van der Waals surface area contributed by atoms with Crippen LogP contribution in [0.1, 0.15) is 19.4 Å². The van der Waals surface area contributed by atoms with Crippen LogP contribution in [0.3, 0.4) is 0 Å². The van der Waals surface area contributed by atoms with Crippen molar-refractivity contribution in [1.82, 2.24) is 4.90 Å². The number of hydrogen-bond donors (Lipinski definition) is 3. The molecule has 6 nitrogen and oxygen atoms in total. The minimum absolute atomic E-state index is 0.127. The van der Waals surface area contributed by atoms with Crippen LogP contribution in [-0.2, 0) is 16.0 Å². The maximum Gasteiger partial charge on any atom is 0.239 e. The Morgan fingerprint density at radius 2 is 2.00 bits per heavy atom. The zero-order chi connectivity index (χ0) is 16.0. The van der Waals surface area contributed by atoms with Crippen molar-refractivity contribution in [2.24, 2.45) is 5.73 Å². The van der Waals surface area contributed by atoms with E-state index in [9.17, 15) is 15.0 Å². The first-order valence-corrected chi connectivity index (χ1v) is 6.94. The van der Waals surface area contributed by atoms with Gasteiger partial charge in [-0.2, -0.15) is 0 Å². The lowest BCUT2D eigenvalue weighted by Crippen LogP contribution is -2.44. The van der Waals surface area contributed by atoms with Crippen LogP contribution in [0.2, 0.25) is 0 Å². The highest BCUT2D eigenvalue weighted by Crippen LogP contribution is 2.25. The Kier molecular flexibility index (Phi) is 6.45. The summed E-state index contributed by atoms with van der Waals surface area (Å²) in [6, 6.07) is 3.72. The Hall–Kier alpha value is -1.79. The molecule has 0 aliphatic heterocycles. The molecular weight excluding hydrogens is 272 g/mol. The Balaban J connectivity index is 2.51. The second kappa shape index (κ2) is 7.85. The molecule has 1 rings (SSSR count). The van der Waals surface area contributed by atoms with Crippen LogP contribution < -0.4 is 5.73 Å². The smallest absolute Gasteiger partial charge is 0.239 e. The molecular formula is C15H24N2O4. The van der Waals surface area contributed by atoms with Crippen molar-refractivity contribution in [3.05, 3.63) is 23.8 Å². The van der Waals surface area contributed by atoms with E-state index in [4.69, 9.17) is 10.5 Å². The fraction of sp³-hybridized carbons (Fsp3) is 0.533. The molecule has 1 aromatic rings. The van der Waals surface area contributed by atoms with E-state index < -0.39 is 6.04 Å². The third-order valence-electron chi connectivity index (χ3n) is 3.07. The summed E-state index contributed by atoms with van der Waals surface area (Å²) in [5.41, 5.74) is 6.59. The van der Waals surface area contributed by atoms with Gasteiger partial charge in [-0.25, -0.2) is 0 Å². The molecule has 0 spiro atoms. The Morgan fingerprint density at radius 3 is 2.57 bits per heavy atom. The van der Waals surface area contributed by atoms with Gasteiger partial charge in [0, 0.05) is 13.6 Å². The van der Waals surface area contributed by atoms with Crippen molar-refractivity contribution in [3.63, 3.8) is 0 Å². The molecule has 0 saturated heterocycles. The largest absolute Gasteiger partial charge is 0.504 e. The molecule has 0 unspecified atom stereocenters. The quantitative estimate of drug-likeness (QED) is 0.648. The van der Waals surface area contributed by atoms with Gasteiger partial charge in [-0.1, -0.05) is 6.07 Å². The van der Waals surface area contributed by atoms with Crippen molar-refractivity contribution in [2.75, 3.05) is 20.2 Å². The summed E-state index contributed by atoms with van der Waals surface area (Å²) >= 11 is 0. The number of hydrogen-bond acceptors (Lipinski definition) is 5. The van der Waals surface area contributed by atoms with E-state index in [-0.39, 0.29) is 23.5 Å². The molecule has 4 N–H and O–H groups in total. The molecule has 0 saturated carbocycles. The fourth-order valence-electron chi connectivity index (χ4n) is 1.86. The lowest BCUT2D eigenvalue weighted by atomic mass is 10.0. The van der Waals surface area contributed by atoms with Crippen LogP contribution in [0.4, 0.5) is 0 Å². The Morgan fingerprint density at radius 1 is 1.33 bits per heavy atom. The predicted molar refractivity (Wildman–Crippen MR) is 80.2 cm³/mol. The van der Waals surface area contributed by atoms with Gasteiger partial charge in [0.1, 0.15) is 0 Å². The SMILES string of the molecule is CC(C)OCCN(C)C(=O)[C@@H](N)Cc1ccc(O)c(O)c1. The molecule has 0 heterocycles. The van der Waals surface area contributed by atoms with E-state index in [1.54, 1.807) is 13.1 Å². The molecule has 6 heteroatoms. The summed E-state index contributed by atoms with van der Waals surface area (Å²) in [6.45, 7) is 4.81. The average Bonchev–Trinajstić information content (AvgIpc) is 2.41. The first kappa shape index (κ1) is 17.3. The summed E-state index contributed by atoms with van der Waals surface area (Å²) in [5.74, 6) is -0.595. The van der Waals surface area contributed by atoms with Crippen molar-refractivity contribution in [2.45, 2.75) is 32.4 Å². The van der Waals surface area contributed by atoms with Gasteiger partial charge < -0.3 is 25.6 Å². The summed E-state index contributed by atoms with van der Waals surface area (Å²) in [7, 11) is 1.68. The van der Waals surface area contributed by atoms with E-state index in [1.807, 2.05) is 13.8 Å². The van der Waals surface area contributed by atoms with E-state index in [0.717, 1.165) is 0 Å². The molecule has 1 aromatic carbocycles. The van der Waals surface area contributed by atoms with Gasteiger partial charge in [0.15, 0.2) is 11.5 Å². The third kappa shape index (κ3) is 5.61. The molecule has 1 atom stereocenters. The summed E-state index contributed by atoms with van der Waals surface area (Å²) in [4.78, 5) is 13.6. The van der Waals surface area contributed by atoms with Crippen LogP contribution in [0.25, 0.3) is 0 Å². The molecule has 0 fully saturated rings. The van der Waals surface area contributed by atoms with E-state index in [1.165, 1.54) is 17.0 Å². The van der Waals surface area contributed by atoms with Crippen molar-refractivity contribution < 1.29 is 19.7 Å². The van der Waals surface area contributed by atoms with Crippen LogP contribution in [0, 0.1) is 0 Å². The molecule has 0 aliphatic rings. The highest BCUT2D eigenvalue weighted by atomic mass is 16.5. The first-order valence-electron chi connectivity index (χ1n) is 6.94. The van der Waals surface area contributed by atoms with Crippen LogP contribution >= 0.6 is 0 Å². The first-order chi connectivity index (χ1) is 9.81. The van der Waals surface area contributed by atoms with Gasteiger partial charge in [0.05, 0.1) is 18.8 Å². The lowest BCUT2D eigenvalue weighted by molar-refractivity contribution is -0.132. The minimum atomic E-state index is -0.696. The number of aromatic hydroxyl groups is 2. The zero-order valence-electron chi connectivity index (χ0n) is 12.7. The van der Waals surface area contributed by atoms with Gasteiger partial charge >= 0.3 is 0 Å². The monoisotopic (exact) mass is 296 g/mol. The standard InChI is InChI=1S/C15H24N2O4/c1-10(2)21-7-6-17(3)15(20)12(16)8-11-4-5-13(18)14(19)9-11/h4-5,9-10,12,18-19H,6-8,16H2,1-3H3/t12-/m0/s1. The number of rotatable bonds is 7. The number of nitrogens with two attached hydrogens (primary N) is 1. The van der Waals surface area contributed by atoms with Crippen molar-refractivity contribution in [1.29, 1.82) is 0 Å². The fourth-order valence-corrected chi connectivity index (χ4v) is 1.86. The van der Waals surface area contributed by atoms with Crippen LogP contribution in [-0.4, -0.2) is 53.4 Å². The van der Waals surface area contributed by atoms with E-state index in [2.05, 4.69) is 0 Å². The summed E-state index contributed by atoms with van der Waals surface area (Å²) < 4.78 is 5.39. The van der Waals surface area contributed by atoms with E-state index in [0.29, 0.717) is 25.1 Å². The second-order valence-electron chi connectivity index (χ2n) is 5.31. The molecule has 0 aromatic heterocycles. The minimum Gasteiger partial charge on any atom is -0.504 e. The number of carbonyl (C=O) groups is 1. The number of carbonyl (C=O) groups excluding carboxylic acids is 1. The Bertz CT molecular complexity index is 477. The van der Waals surface area contributed by atoms with Crippen LogP contribution in [0.15, 0.2) is 18.2 Å².